The van der Waals surface area contributed by atoms with Crippen LogP contribution in [0.2, 0.25) is 0 Å². The van der Waals surface area contributed by atoms with Gasteiger partial charge in [-0.15, -0.1) is 0 Å². The maximum atomic E-state index is 13.2. The van der Waals surface area contributed by atoms with Crippen LogP contribution in [0.15, 0.2) is 18.3 Å². The molecule has 12 heteroatoms. The summed E-state index contributed by atoms with van der Waals surface area (Å²) < 4.78 is 5.50. The number of aldehydes is 1. The predicted octanol–water partition coefficient (Wildman–Crippen LogP) is 3.06. The fourth-order valence-electron chi connectivity index (χ4n) is 4.56. The van der Waals surface area contributed by atoms with Gasteiger partial charge in [0.25, 0.3) is 5.91 Å². The summed E-state index contributed by atoms with van der Waals surface area (Å²) in [6.07, 6.45) is 6.59. The quantitative estimate of drug-likeness (QED) is 0.365. The number of rotatable bonds is 9. The Morgan fingerprint density at radius 2 is 2.21 bits per heavy atom. The summed E-state index contributed by atoms with van der Waals surface area (Å²) in [6, 6.07) is 5.17. The normalized spacial score (nSPS) is 16.3. The molecule has 2 N–H and O–H groups in total. The van der Waals surface area contributed by atoms with Crippen LogP contribution in [0.4, 0.5) is 22.1 Å². The summed E-state index contributed by atoms with van der Waals surface area (Å²) in [5, 5.41) is 15.4. The molecule has 4 heterocycles. The number of nitrogens with one attached hydrogen (secondary N) is 2. The first kappa shape index (κ1) is 27.3. The molecule has 1 saturated heterocycles. The van der Waals surface area contributed by atoms with E-state index in [1.165, 1.54) is 11.1 Å². The van der Waals surface area contributed by atoms with Gasteiger partial charge in [-0.2, -0.15) is 17.0 Å². The highest BCUT2D eigenvalue weighted by atomic mass is 32.2. The zero-order valence-electron chi connectivity index (χ0n) is 21.5. The van der Waals surface area contributed by atoms with Gasteiger partial charge in [-0.25, -0.2) is 14.8 Å². The lowest BCUT2D eigenvalue weighted by Gasteiger charge is -2.29. The number of ether oxygens (including phenoxy) is 1. The van der Waals surface area contributed by atoms with Crippen molar-refractivity contribution in [1.29, 1.82) is 5.26 Å². The van der Waals surface area contributed by atoms with Gasteiger partial charge in [-0.1, -0.05) is 0 Å². The lowest BCUT2D eigenvalue weighted by Crippen LogP contribution is -2.40. The molecule has 4 rings (SSSR count). The lowest BCUT2D eigenvalue weighted by molar-refractivity contribution is -0.140. The summed E-state index contributed by atoms with van der Waals surface area (Å²) >= 11 is 1.68. The van der Waals surface area contributed by atoms with Crippen LogP contribution >= 0.6 is 11.8 Å². The van der Waals surface area contributed by atoms with Gasteiger partial charge in [0.05, 0.1) is 11.3 Å². The maximum Gasteiger partial charge on any atom is 0.328 e. The summed E-state index contributed by atoms with van der Waals surface area (Å²) in [5.74, 6) is 1.47. The van der Waals surface area contributed by atoms with E-state index in [-0.39, 0.29) is 18.1 Å². The topological polar surface area (TPSA) is 141 Å². The average Bonchev–Trinajstić information content (AvgIpc) is 3.47. The fourth-order valence-corrected chi connectivity index (χ4v) is 4.87. The number of hydrogen-bond acceptors (Lipinski definition) is 9. The number of urea groups is 1. The lowest BCUT2D eigenvalue weighted by atomic mass is 10.0. The number of nitrogens with zero attached hydrogens (tertiary/aromatic N) is 5. The van der Waals surface area contributed by atoms with Crippen molar-refractivity contribution in [2.24, 2.45) is 0 Å². The zero-order chi connectivity index (χ0) is 27.1. The summed E-state index contributed by atoms with van der Waals surface area (Å²) in [4.78, 5) is 49.7. The van der Waals surface area contributed by atoms with Crippen molar-refractivity contribution in [3.63, 3.8) is 0 Å². The molecular formula is C26H31N7O4S. The van der Waals surface area contributed by atoms with Crippen molar-refractivity contribution in [3.05, 3.63) is 40.7 Å². The van der Waals surface area contributed by atoms with Gasteiger partial charge in [-0.05, 0) is 43.6 Å². The molecule has 0 aliphatic carbocycles. The second-order valence-corrected chi connectivity index (χ2v) is 10.1. The van der Waals surface area contributed by atoms with Crippen LogP contribution in [-0.4, -0.2) is 77.9 Å². The van der Waals surface area contributed by atoms with Gasteiger partial charge in [0, 0.05) is 56.9 Å². The molecule has 3 amide bonds. The van der Waals surface area contributed by atoms with E-state index < -0.39 is 12.1 Å². The molecule has 1 fully saturated rings. The van der Waals surface area contributed by atoms with Crippen LogP contribution in [0.1, 0.15) is 46.4 Å². The van der Waals surface area contributed by atoms with Crippen LogP contribution in [0.3, 0.4) is 0 Å². The highest BCUT2D eigenvalue weighted by Gasteiger charge is 2.29. The molecule has 2 aromatic heterocycles. The van der Waals surface area contributed by atoms with Crippen molar-refractivity contribution in [1.82, 2.24) is 14.9 Å². The smallest absolute Gasteiger partial charge is 0.328 e. The van der Waals surface area contributed by atoms with Crippen molar-refractivity contribution >= 4 is 47.3 Å². The summed E-state index contributed by atoms with van der Waals surface area (Å²) in [5.41, 5.74) is 2.63. The third kappa shape index (κ3) is 6.23. The molecule has 0 radical (unpaired) electrons. The monoisotopic (exact) mass is 537 g/mol. The van der Waals surface area contributed by atoms with Crippen LogP contribution in [0, 0.1) is 11.3 Å². The Kier molecular flexibility index (Phi) is 9.15. The Balaban J connectivity index is 1.51. The van der Waals surface area contributed by atoms with Crippen molar-refractivity contribution in [3.8, 4) is 6.07 Å². The highest BCUT2D eigenvalue weighted by molar-refractivity contribution is 7.98. The summed E-state index contributed by atoms with van der Waals surface area (Å²) in [7, 11) is 1.69. The van der Waals surface area contributed by atoms with E-state index in [9.17, 15) is 19.6 Å². The van der Waals surface area contributed by atoms with Gasteiger partial charge in [0.1, 0.15) is 29.5 Å². The van der Waals surface area contributed by atoms with Gasteiger partial charge >= 0.3 is 6.03 Å². The number of carbonyl (C=O) groups excluding carboxylic acids is 3. The van der Waals surface area contributed by atoms with Crippen LogP contribution in [0.25, 0.3) is 0 Å². The molecule has 2 aliphatic rings. The Bertz CT molecular complexity index is 1240. The number of aryl methyl sites for hydroxylation is 1. The van der Waals surface area contributed by atoms with E-state index in [0.717, 1.165) is 24.2 Å². The minimum absolute atomic E-state index is 0.115. The largest absolute Gasteiger partial charge is 0.383 e. The van der Waals surface area contributed by atoms with Gasteiger partial charge in [0.2, 0.25) is 0 Å². The molecule has 1 atom stereocenters. The Morgan fingerprint density at radius 1 is 1.37 bits per heavy atom. The third-order valence-electron chi connectivity index (χ3n) is 6.50. The average molecular weight is 538 g/mol. The molecule has 0 saturated carbocycles. The Hall–Kier alpha value is -3.69. The number of pyridine rings is 2. The first-order chi connectivity index (χ1) is 18.4. The number of likely N-dealkylation sites (N-methyl/N-ethyl adjacent to an activating group) is 1. The van der Waals surface area contributed by atoms with E-state index in [2.05, 4.69) is 26.7 Å². The Labute approximate surface area is 225 Å². The van der Waals surface area contributed by atoms with Crippen LogP contribution in [0.5, 0.6) is 0 Å². The molecule has 0 bridgehead atoms. The molecule has 0 aromatic carbocycles. The maximum absolute atomic E-state index is 13.2. The number of aromatic nitrogens is 2. The molecule has 38 heavy (non-hydrogen) atoms. The molecule has 11 nitrogen and oxygen atoms in total. The van der Waals surface area contributed by atoms with E-state index >= 15 is 0 Å². The molecule has 1 unspecified atom stereocenters. The van der Waals surface area contributed by atoms with E-state index in [4.69, 9.17) is 4.74 Å². The van der Waals surface area contributed by atoms with Crippen molar-refractivity contribution in [2.45, 2.75) is 38.3 Å². The highest BCUT2D eigenvalue weighted by Crippen LogP contribution is 2.29. The SMILES string of the molecule is CSCCNc1cc(NC(=O)N2CCCc3cc(CN(C)C(=O)C4CCCO4)c(C=O)nc32)ncc1C#N. The molecule has 2 aromatic rings. The second kappa shape index (κ2) is 12.7. The minimum atomic E-state index is -0.443. The van der Waals surface area contributed by atoms with Gasteiger partial charge in [-0.3, -0.25) is 19.8 Å². The van der Waals surface area contributed by atoms with E-state index in [0.29, 0.717) is 67.3 Å². The van der Waals surface area contributed by atoms with E-state index in [1.807, 2.05) is 12.3 Å². The van der Waals surface area contributed by atoms with Gasteiger partial charge < -0.3 is 15.0 Å². The standard InChI is InChI=1S/C26H31N7O4S/c1-32(25(35)22-6-4-9-37-22)15-18-11-17-5-3-8-33(24(17)30-21(18)16-34)26(36)31-23-12-20(28-7-10-38-2)19(13-27)14-29-23/h11-12,14,16,22H,3-10,15H2,1-2H3,(H2,28,29,31,36). The molecule has 0 spiro atoms. The molecular weight excluding hydrogens is 506 g/mol. The fraction of sp³-hybridized carbons (Fsp3) is 0.462. The first-order valence-electron chi connectivity index (χ1n) is 12.5. The van der Waals surface area contributed by atoms with Crippen LogP contribution in [-0.2, 0) is 22.5 Å². The van der Waals surface area contributed by atoms with Crippen LogP contribution < -0.4 is 15.5 Å². The first-order valence-corrected chi connectivity index (χ1v) is 13.9. The molecule has 200 valence electrons. The number of fused-ring (bicyclic) bond motifs is 1. The molecule has 2 aliphatic heterocycles. The number of hydrogen-bond donors (Lipinski definition) is 2. The number of carbonyl (C=O) groups is 3. The van der Waals surface area contributed by atoms with E-state index in [1.54, 1.807) is 29.8 Å². The van der Waals surface area contributed by atoms with Gasteiger partial charge in [0.15, 0.2) is 6.29 Å². The van der Waals surface area contributed by atoms with Crippen molar-refractivity contribution in [2.75, 3.05) is 54.3 Å². The number of anilines is 3. The predicted molar refractivity (Wildman–Crippen MR) is 146 cm³/mol. The zero-order valence-corrected chi connectivity index (χ0v) is 22.3. The number of nitriles is 1. The minimum Gasteiger partial charge on any atom is -0.383 e. The summed E-state index contributed by atoms with van der Waals surface area (Å²) in [6.45, 7) is 1.90. The Morgan fingerprint density at radius 3 is 2.92 bits per heavy atom. The van der Waals surface area contributed by atoms with Crippen molar-refractivity contribution < 1.29 is 19.1 Å². The second-order valence-electron chi connectivity index (χ2n) is 9.16. The third-order valence-corrected chi connectivity index (χ3v) is 7.11. The number of amides is 3. The number of thioether (sulfide) groups is 1.